The summed E-state index contributed by atoms with van der Waals surface area (Å²) < 4.78 is 0. The molecule has 1 saturated heterocycles. The minimum Gasteiger partial charge on any atom is -0.323 e. The highest BCUT2D eigenvalue weighted by molar-refractivity contribution is 5.84. The number of rotatable bonds is 4. The smallest absolute Gasteiger partial charge is 0.241 e. The van der Waals surface area contributed by atoms with Crippen LogP contribution < -0.4 is 5.32 Å². The van der Waals surface area contributed by atoms with Crippen molar-refractivity contribution >= 4 is 5.91 Å². The first-order valence-corrected chi connectivity index (χ1v) is 7.36. The van der Waals surface area contributed by atoms with Gasteiger partial charge in [-0.2, -0.15) is 0 Å². The standard InChI is InChI=1S/C14H26N2O/c1-3-8-13-15-12(4-2)14(17)16(13)11-9-6-5-7-10-11/h11-13,15H,3-10H2,1-2H3. The minimum atomic E-state index is 0.0773. The number of nitrogens with one attached hydrogen (secondary N) is 1. The third kappa shape index (κ3) is 2.65. The van der Waals surface area contributed by atoms with Gasteiger partial charge >= 0.3 is 0 Å². The van der Waals surface area contributed by atoms with Crippen LogP contribution in [0.15, 0.2) is 0 Å². The molecule has 0 bridgehead atoms. The van der Waals surface area contributed by atoms with E-state index in [1.54, 1.807) is 0 Å². The van der Waals surface area contributed by atoms with Crippen molar-refractivity contribution in [1.82, 2.24) is 10.2 Å². The molecule has 3 heteroatoms. The summed E-state index contributed by atoms with van der Waals surface area (Å²) in [5.41, 5.74) is 0. The molecule has 0 radical (unpaired) electrons. The lowest BCUT2D eigenvalue weighted by atomic mass is 9.93. The summed E-state index contributed by atoms with van der Waals surface area (Å²) >= 11 is 0. The molecule has 1 amide bonds. The Balaban J connectivity index is 2.06. The van der Waals surface area contributed by atoms with Gasteiger partial charge in [0.15, 0.2) is 0 Å². The Bertz CT molecular complexity index is 261. The molecule has 2 fully saturated rings. The second kappa shape index (κ2) is 5.85. The van der Waals surface area contributed by atoms with E-state index < -0.39 is 0 Å². The van der Waals surface area contributed by atoms with E-state index >= 15 is 0 Å². The Morgan fingerprint density at radius 2 is 1.94 bits per heavy atom. The van der Waals surface area contributed by atoms with Crippen molar-refractivity contribution in [1.29, 1.82) is 0 Å². The summed E-state index contributed by atoms with van der Waals surface area (Å²) in [7, 11) is 0. The van der Waals surface area contributed by atoms with E-state index in [1.165, 1.54) is 32.1 Å². The first kappa shape index (κ1) is 12.9. The van der Waals surface area contributed by atoms with Crippen LogP contribution in [0.5, 0.6) is 0 Å². The normalized spacial score (nSPS) is 31.2. The van der Waals surface area contributed by atoms with Crippen LogP contribution in [0.2, 0.25) is 0 Å². The van der Waals surface area contributed by atoms with Crippen molar-refractivity contribution in [3.05, 3.63) is 0 Å². The molecule has 0 aromatic carbocycles. The number of hydrogen-bond donors (Lipinski definition) is 1. The predicted molar refractivity (Wildman–Crippen MR) is 69.6 cm³/mol. The molecule has 1 aliphatic carbocycles. The summed E-state index contributed by atoms with van der Waals surface area (Å²) in [5.74, 6) is 0.359. The van der Waals surface area contributed by atoms with Crippen LogP contribution in [0.1, 0.15) is 65.2 Å². The Labute approximate surface area is 105 Å². The van der Waals surface area contributed by atoms with Gasteiger partial charge in [-0.25, -0.2) is 0 Å². The highest BCUT2D eigenvalue weighted by Gasteiger charge is 2.40. The van der Waals surface area contributed by atoms with Crippen LogP contribution in [-0.4, -0.2) is 29.1 Å². The molecule has 2 atom stereocenters. The van der Waals surface area contributed by atoms with Gasteiger partial charge in [0.2, 0.25) is 5.91 Å². The highest BCUT2D eigenvalue weighted by atomic mass is 16.2. The van der Waals surface area contributed by atoms with Crippen molar-refractivity contribution in [3.8, 4) is 0 Å². The first-order valence-electron chi connectivity index (χ1n) is 7.36. The monoisotopic (exact) mass is 238 g/mol. The molecule has 2 rings (SSSR count). The molecule has 0 aromatic rings. The predicted octanol–water partition coefficient (Wildman–Crippen LogP) is 2.66. The molecule has 0 spiro atoms. The van der Waals surface area contributed by atoms with Gasteiger partial charge in [0, 0.05) is 6.04 Å². The number of nitrogens with zero attached hydrogens (tertiary/aromatic N) is 1. The Hall–Kier alpha value is -0.570. The highest BCUT2D eigenvalue weighted by Crippen LogP contribution is 2.28. The van der Waals surface area contributed by atoms with Crippen LogP contribution in [0.25, 0.3) is 0 Å². The van der Waals surface area contributed by atoms with Crippen LogP contribution in [0, 0.1) is 0 Å². The molecule has 1 heterocycles. The topological polar surface area (TPSA) is 32.3 Å². The van der Waals surface area contributed by atoms with Crippen molar-refractivity contribution in [3.63, 3.8) is 0 Å². The fourth-order valence-electron chi connectivity index (χ4n) is 3.30. The number of hydrogen-bond acceptors (Lipinski definition) is 2. The van der Waals surface area contributed by atoms with Gasteiger partial charge in [0.05, 0.1) is 12.2 Å². The van der Waals surface area contributed by atoms with Gasteiger partial charge in [-0.3, -0.25) is 10.1 Å². The van der Waals surface area contributed by atoms with E-state index in [0.717, 1.165) is 19.3 Å². The van der Waals surface area contributed by atoms with Crippen molar-refractivity contribution in [2.24, 2.45) is 0 Å². The molecule has 3 nitrogen and oxygen atoms in total. The molecular weight excluding hydrogens is 212 g/mol. The van der Waals surface area contributed by atoms with E-state index in [2.05, 4.69) is 24.1 Å². The van der Waals surface area contributed by atoms with Gasteiger partial charge in [0.1, 0.15) is 0 Å². The maximum Gasteiger partial charge on any atom is 0.241 e. The lowest BCUT2D eigenvalue weighted by Gasteiger charge is -2.35. The van der Waals surface area contributed by atoms with E-state index in [-0.39, 0.29) is 6.04 Å². The van der Waals surface area contributed by atoms with Crippen LogP contribution in [0.3, 0.4) is 0 Å². The first-order chi connectivity index (χ1) is 8.27. The molecule has 1 N–H and O–H groups in total. The van der Waals surface area contributed by atoms with Gasteiger partial charge in [-0.1, -0.05) is 39.5 Å². The van der Waals surface area contributed by atoms with E-state index in [0.29, 0.717) is 18.1 Å². The second-order valence-electron chi connectivity index (χ2n) is 5.47. The molecular formula is C14H26N2O. The molecule has 98 valence electrons. The zero-order chi connectivity index (χ0) is 12.3. The van der Waals surface area contributed by atoms with Gasteiger partial charge in [-0.15, -0.1) is 0 Å². The van der Waals surface area contributed by atoms with Gasteiger partial charge in [0.25, 0.3) is 0 Å². The zero-order valence-corrected chi connectivity index (χ0v) is 11.2. The summed E-state index contributed by atoms with van der Waals surface area (Å²) in [6, 6.07) is 0.588. The molecule has 0 aromatic heterocycles. The quantitative estimate of drug-likeness (QED) is 0.816. The fourth-order valence-corrected chi connectivity index (χ4v) is 3.30. The molecule has 2 unspecified atom stereocenters. The SMILES string of the molecule is CCCC1NC(CC)C(=O)N1C1CCCCC1. The zero-order valence-electron chi connectivity index (χ0n) is 11.2. The molecule has 1 saturated carbocycles. The van der Waals surface area contributed by atoms with Crippen molar-refractivity contribution in [2.45, 2.75) is 83.5 Å². The van der Waals surface area contributed by atoms with Crippen LogP contribution in [-0.2, 0) is 4.79 Å². The third-order valence-corrected chi connectivity index (χ3v) is 4.22. The number of carbonyl (C=O) groups is 1. The summed E-state index contributed by atoms with van der Waals surface area (Å²) in [6.07, 6.45) is 9.83. The second-order valence-corrected chi connectivity index (χ2v) is 5.47. The fraction of sp³-hybridized carbons (Fsp3) is 0.929. The summed E-state index contributed by atoms with van der Waals surface area (Å²) in [5, 5.41) is 3.52. The van der Waals surface area contributed by atoms with Crippen molar-refractivity contribution < 1.29 is 4.79 Å². The maximum atomic E-state index is 12.4. The Morgan fingerprint density at radius 1 is 1.24 bits per heavy atom. The summed E-state index contributed by atoms with van der Waals surface area (Å²) in [6.45, 7) is 4.30. The molecule has 2 aliphatic rings. The number of amides is 1. The average molecular weight is 238 g/mol. The largest absolute Gasteiger partial charge is 0.323 e. The van der Waals surface area contributed by atoms with Crippen LogP contribution >= 0.6 is 0 Å². The lowest BCUT2D eigenvalue weighted by Crippen LogP contribution is -2.45. The lowest BCUT2D eigenvalue weighted by molar-refractivity contribution is -0.133. The maximum absolute atomic E-state index is 12.4. The van der Waals surface area contributed by atoms with Gasteiger partial charge in [-0.05, 0) is 25.7 Å². The van der Waals surface area contributed by atoms with Gasteiger partial charge < -0.3 is 4.90 Å². The summed E-state index contributed by atoms with van der Waals surface area (Å²) in [4.78, 5) is 14.6. The van der Waals surface area contributed by atoms with E-state index in [1.807, 2.05) is 0 Å². The molecule has 17 heavy (non-hydrogen) atoms. The van der Waals surface area contributed by atoms with E-state index in [4.69, 9.17) is 0 Å². The number of carbonyl (C=O) groups excluding carboxylic acids is 1. The Kier molecular flexibility index (Phi) is 4.43. The van der Waals surface area contributed by atoms with Crippen molar-refractivity contribution in [2.75, 3.05) is 0 Å². The minimum absolute atomic E-state index is 0.0773. The van der Waals surface area contributed by atoms with E-state index in [9.17, 15) is 4.79 Å². The van der Waals surface area contributed by atoms with Crippen LogP contribution in [0.4, 0.5) is 0 Å². The Morgan fingerprint density at radius 3 is 2.53 bits per heavy atom. The third-order valence-electron chi connectivity index (χ3n) is 4.22. The average Bonchev–Trinajstić information content (AvgIpc) is 2.67. The molecule has 1 aliphatic heterocycles.